The molecule has 0 aliphatic rings. The number of anilines is 1. The molecule has 1 amide bonds. The molecule has 0 spiro atoms. The number of pyridine rings is 1. The fourth-order valence-electron chi connectivity index (χ4n) is 2.17. The van der Waals surface area contributed by atoms with E-state index < -0.39 is 5.92 Å². The average molecular weight is 316 g/mol. The zero-order valence-corrected chi connectivity index (χ0v) is 13.5. The van der Waals surface area contributed by atoms with Crippen LogP contribution in [0.5, 0.6) is 0 Å². The summed E-state index contributed by atoms with van der Waals surface area (Å²) in [7, 11) is 1.57. The summed E-state index contributed by atoms with van der Waals surface area (Å²) in [5, 5.41) is 4.43. The maximum atomic E-state index is 12.5. The largest absolute Gasteiger partial charge is 0.383 e. The van der Waals surface area contributed by atoms with Crippen LogP contribution in [0.1, 0.15) is 12.6 Å². The van der Waals surface area contributed by atoms with Gasteiger partial charge in [0.15, 0.2) is 0 Å². The number of hydrogen-bond acceptors (Lipinski definition) is 5. The lowest BCUT2D eigenvalue weighted by atomic mass is 10.1. The molecule has 122 valence electrons. The number of ether oxygens (including phenoxy) is 1. The molecule has 1 atom stereocenters. The van der Waals surface area contributed by atoms with Crippen LogP contribution in [-0.2, 0) is 14.3 Å². The Hall–Kier alpha value is -2.54. The van der Waals surface area contributed by atoms with Crippen LogP contribution in [0.2, 0.25) is 0 Å². The maximum absolute atomic E-state index is 12.5. The molecule has 0 aromatic carbocycles. The number of aldehydes is 1. The van der Waals surface area contributed by atoms with Crippen LogP contribution < -0.4 is 4.90 Å². The summed E-state index contributed by atoms with van der Waals surface area (Å²) in [6.07, 6.45) is 5.77. The molecule has 2 heterocycles. The lowest BCUT2D eigenvalue weighted by Gasteiger charge is -2.23. The highest BCUT2D eigenvalue weighted by molar-refractivity contribution is 6.02. The third kappa shape index (κ3) is 3.81. The number of amides is 1. The van der Waals surface area contributed by atoms with E-state index in [0.717, 1.165) is 5.69 Å². The number of rotatable bonds is 7. The molecule has 1 unspecified atom stereocenters. The van der Waals surface area contributed by atoms with Gasteiger partial charge in [0.2, 0.25) is 5.91 Å². The molecule has 0 aliphatic carbocycles. The van der Waals surface area contributed by atoms with Crippen molar-refractivity contribution in [3.63, 3.8) is 0 Å². The average Bonchev–Trinajstić information content (AvgIpc) is 2.97. The van der Waals surface area contributed by atoms with Gasteiger partial charge in [-0.25, -0.2) is 4.68 Å². The van der Waals surface area contributed by atoms with Gasteiger partial charge < -0.3 is 14.4 Å². The quantitative estimate of drug-likeness (QED) is 0.570. The monoisotopic (exact) mass is 316 g/mol. The van der Waals surface area contributed by atoms with Crippen molar-refractivity contribution < 1.29 is 14.3 Å². The molecule has 0 saturated carbocycles. The number of aromatic nitrogens is 3. The number of aryl methyl sites for hydroxylation is 1. The molecular weight excluding hydrogens is 296 g/mol. The van der Waals surface area contributed by atoms with Gasteiger partial charge >= 0.3 is 0 Å². The topological polar surface area (TPSA) is 77.3 Å². The highest BCUT2D eigenvalue weighted by Crippen LogP contribution is 2.22. The Kier molecular flexibility index (Phi) is 5.59. The van der Waals surface area contributed by atoms with Crippen molar-refractivity contribution in [1.82, 2.24) is 14.8 Å². The van der Waals surface area contributed by atoms with Crippen LogP contribution in [0.25, 0.3) is 5.69 Å². The summed E-state index contributed by atoms with van der Waals surface area (Å²) < 4.78 is 6.73. The molecule has 0 bridgehead atoms. The maximum Gasteiger partial charge on any atom is 0.237 e. The summed E-state index contributed by atoms with van der Waals surface area (Å²) >= 11 is 0. The standard InChI is InChI=1S/C16H20N4O3/c1-12(11-21)16(22)19(7-8-23-3)15-10-20(18-13(15)2)14-5-4-6-17-9-14/h4-6,9-12H,7-8H2,1-3H3. The van der Waals surface area contributed by atoms with E-state index in [2.05, 4.69) is 10.1 Å². The second-order valence-corrected chi connectivity index (χ2v) is 5.16. The fraction of sp³-hybridized carbons (Fsp3) is 0.375. The van der Waals surface area contributed by atoms with Gasteiger partial charge in [0.1, 0.15) is 6.29 Å². The summed E-state index contributed by atoms with van der Waals surface area (Å²) in [5.74, 6) is -0.987. The second kappa shape index (κ2) is 7.64. The first kappa shape index (κ1) is 16.8. The van der Waals surface area contributed by atoms with Gasteiger partial charge in [-0.05, 0) is 26.0 Å². The third-order valence-electron chi connectivity index (χ3n) is 3.45. The van der Waals surface area contributed by atoms with E-state index in [1.807, 2.05) is 19.1 Å². The van der Waals surface area contributed by atoms with Gasteiger partial charge in [0, 0.05) is 19.9 Å². The van der Waals surface area contributed by atoms with Crippen LogP contribution >= 0.6 is 0 Å². The van der Waals surface area contributed by atoms with E-state index in [4.69, 9.17) is 4.74 Å². The van der Waals surface area contributed by atoms with Gasteiger partial charge in [-0.15, -0.1) is 0 Å². The van der Waals surface area contributed by atoms with Crippen molar-refractivity contribution >= 4 is 17.9 Å². The Balaban J connectivity index is 2.37. The van der Waals surface area contributed by atoms with E-state index in [-0.39, 0.29) is 5.91 Å². The van der Waals surface area contributed by atoms with Crippen molar-refractivity contribution in [2.45, 2.75) is 13.8 Å². The van der Waals surface area contributed by atoms with Crippen molar-refractivity contribution in [1.29, 1.82) is 0 Å². The Labute approximate surface area is 134 Å². The first-order valence-electron chi connectivity index (χ1n) is 7.30. The Morgan fingerprint density at radius 2 is 2.30 bits per heavy atom. The predicted octanol–water partition coefficient (Wildman–Crippen LogP) is 1.39. The number of methoxy groups -OCH3 is 1. The first-order chi connectivity index (χ1) is 11.1. The smallest absolute Gasteiger partial charge is 0.237 e. The summed E-state index contributed by atoms with van der Waals surface area (Å²) in [4.78, 5) is 29.0. The molecule has 7 nitrogen and oxygen atoms in total. The predicted molar refractivity (Wildman–Crippen MR) is 85.6 cm³/mol. The summed E-state index contributed by atoms with van der Waals surface area (Å²) in [6.45, 7) is 4.12. The van der Waals surface area contributed by atoms with E-state index in [1.54, 1.807) is 37.3 Å². The van der Waals surface area contributed by atoms with E-state index in [9.17, 15) is 9.59 Å². The Bertz CT molecular complexity index is 669. The van der Waals surface area contributed by atoms with Crippen LogP contribution in [0.15, 0.2) is 30.7 Å². The van der Waals surface area contributed by atoms with Crippen LogP contribution in [0.4, 0.5) is 5.69 Å². The Morgan fingerprint density at radius 3 is 2.91 bits per heavy atom. The minimum absolute atomic E-state index is 0.272. The molecule has 0 aliphatic heterocycles. The molecule has 0 N–H and O–H groups in total. The van der Waals surface area contributed by atoms with Crippen LogP contribution in [0.3, 0.4) is 0 Å². The molecule has 2 rings (SSSR count). The van der Waals surface area contributed by atoms with Gasteiger partial charge in [-0.3, -0.25) is 9.78 Å². The molecular formula is C16H20N4O3. The third-order valence-corrected chi connectivity index (χ3v) is 3.45. The van der Waals surface area contributed by atoms with Crippen LogP contribution in [0, 0.1) is 12.8 Å². The number of nitrogens with zero attached hydrogens (tertiary/aromatic N) is 4. The normalized spacial score (nSPS) is 12.0. The minimum atomic E-state index is -0.715. The second-order valence-electron chi connectivity index (χ2n) is 5.16. The number of carbonyl (C=O) groups excluding carboxylic acids is 2. The van der Waals surface area contributed by atoms with Gasteiger partial charge in [-0.2, -0.15) is 5.10 Å². The molecule has 23 heavy (non-hydrogen) atoms. The minimum Gasteiger partial charge on any atom is -0.383 e. The van der Waals surface area contributed by atoms with E-state index in [1.165, 1.54) is 4.90 Å². The van der Waals surface area contributed by atoms with Gasteiger partial charge in [0.25, 0.3) is 0 Å². The molecule has 0 saturated heterocycles. The number of hydrogen-bond donors (Lipinski definition) is 0. The lowest BCUT2D eigenvalue weighted by Crippen LogP contribution is -2.38. The lowest BCUT2D eigenvalue weighted by molar-refractivity contribution is -0.126. The molecule has 0 fully saturated rings. The van der Waals surface area contributed by atoms with Crippen molar-refractivity contribution in [3.8, 4) is 5.69 Å². The first-order valence-corrected chi connectivity index (χ1v) is 7.30. The molecule has 7 heteroatoms. The summed E-state index contributed by atoms with van der Waals surface area (Å²) in [6, 6.07) is 3.69. The zero-order chi connectivity index (χ0) is 16.8. The van der Waals surface area contributed by atoms with Crippen molar-refractivity contribution in [2.24, 2.45) is 5.92 Å². The molecule has 2 aromatic rings. The highest BCUT2D eigenvalue weighted by Gasteiger charge is 2.24. The SMILES string of the molecule is COCCN(C(=O)C(C)C=O)c1cn(-c2cccnc2)nc1C. The van der Waals surface area contributed by atoms with E-state index >= 15 is 0 Å². The Morgan fingerprint density at radius 1 is 1.52 bits per heavy atom. The zero-order valence-electron chi connectivity index (χ0n) is 13.5. The molecule has 2 aromatic heterocycles. The van der Waals surface area contributed by atoms with Gasteiger partial charge in [0.05, 0.1) is 42.0 Å². The van der Waals surface area contributed by atoms with Gasteiger partial charge in [-0.1, -0.05) is 0 Å². The molecule has 0 radical (unpaired) electrons. The fourth-order valence-corrected chi connectivity index (χ4v) is 2.17. The van der Waals surface area contributed by atoms with E-state index in [0.29, 0.717) is 30.8 Å². The van der Waals surface area contributed by atoms with Crippen molar-refractivity contribution in [3.05, 3.63) is 36.4 Å². The summed E-state index contributed by atoms with van der Waals surface area (Å²) in [5.41, 5.74) is 2.14. The van der Waals surface area contributed by atoms with Crippen molar-refractivity contribution in [2.75, 3.05) is 25.2 Å². The highest BCUT2D eigenvalue weighted by atomic mass is 16.5. The number of carbonyl (C=O) groups is 2. The van der Waals surface area contributed by atoms with Crippen LogP contribution in [-0.4, -0.2) is 47.2 Å².